The van der Waals surface area contributed by atoms with Gasteiger partial charge in [-0.25, -0.2) is 0 Å². The topological polar surface area (TPSA) is 19.6 Å². The number of nitrogens with zero attached hydrogens (tertiary/aromatic N) is 2. The fraction of sp³-hybridized carbons (Fsp3) is 0. The Kier molecular flexibility index (Phi) is 9.56. The van der Waals surface area contributed by atoms with Gasteiger partial charge in [-0.15, -0.1) is 0 Å². The van der Waals surface area contributed by atoms with E-state index in [4.69, 9.17) is 4.42 Å². The van der Waals surface area contributed by atoms with Gasteiger partial charge >= 0.3 is 0 Å². The van der Waals surface area contributed by atoms with Gasteiger partial charge in [-0.05, 0) is 102 Å². The minimum absolute atomic E-state index is 0.855. The van der Waals surface area contributed by atoms with Crippen molar-refractivity contribution in [2.75, 3.05) is 9.80 Å². The van der Waals surface area contributed by atoms with Crippen LogP contribution in [-0.4, -0.2) is 16.1 Å². The smallest absolute Gasteiger partial charge is 0.184 e. The number of para-hydroxylation sites is 4. The summed E-state index contributed by atoms with van der Waals surface area (Å²) in [5, 5.41) is 13.1. The van der Waals surface area contributed by atoms with Gasteiger partial charge in [-0.1, -0.05) is 224 Å². The molecule has 0 amide bonds. The molecule has 0 N–H and O–H groups in total. The predicted octanol–water partition coefficient (Wildman–Crippen LogP) is 11.6. The van der Waals surface area contributed by atoms with Gasteiger partial charge in [0.15, 0.2) is 16.1 Å². The molecule has 0 fully saturated rings. The Morgan fingerprint density at radius 1 is 0.282 bits per heavy atom. The lowest BCUT2D eigenvalue weighted by Gasteiger charge is -2.45. The molecule has 0 aliphatic carbocycles. The molecule has 14 rings (SSSR count). The van der Waals surface area contributed by atoms with Crippen LogP contribution in [0.25, 0.3) is 33.1 Å². The Bertz CT molecular complexity index is 3780. The molecule has 2 aliphatic rings. The first-order valence-corrected chi connectivity index (χ1v) is 28.5. The van der Waals surface area contributed by atoms with Gasteiger partial charge in [0.05, 0.1) is 0 Å². The van der Waals surface area contributed by atoms with Crippen molar-refractivity contribution in [1.82, 2.24) is 0 Å². The summed E-state index contributed by atoms with van der Waals surface area (Å²) in [6.07, 6.45) is 0. The van der Waals surface area contributed by atoms with Crippen molar-refractivity contribution in [2.24, 2.45) is 0 Å². The van der Waals surface area contributed by atoms with Crippen molar-refractivity contribution in [1.29, 1.82) is 0 Å². The summed E-state index contributed by atoms with van der Waals surface area (Å²) in [4.78, 5) is 5.02. The highest BCUT2D eigenvalue weighted by atomic mass is 28.3. The van der Waals surface area contributed by atoms with Gasteiger partial charge in [0.2, 0.25) is 0 Å². The molecule has 0 unspecified atom stereocenters. The number of furan rings is 1. The van der Waals surface area contributed by atoms with E-state index in [1.807, 2.05) is 0 Å². The van der Waals surface area contributed by atoms with Crippen LogP contribution < -0.4 is 51.3 Å². The second-order valence-electron chi connectivity index (χ2n) is 18.7. The van der Waals surface area contributed by atoms with Gasteiger partial charge in [0.25, 0.3) is 0 Å². The molecule has 0 radical (unpaired) electrons. The van der Waals surface area contributed by atoms with Crippen molar-refractivity contribution in [3.05, 3.63) is 279 Å². The van der Waals surface area contributed by atoms with E-state index in [1.165, 1.54) is 64.2 Å². The molecule has 0 saturated carbocycles. The zero-order valence-corrected chi connectivity index (χ0v) is 40.9. The zero-order valence-electron chi connectivity index (χ0n) is 38.9. The minimum atomic E-state index is -2.81. The summed E-state index contributed by atoms with van der Waals surface area (Å²) in [5.41, 5.74) is 10.9. The monoisotopic (exact) mass is 938 g/mol. The first-order valence-electron chi connectivity index (χ1n) is 24.5. The molecule has 1 aromatic heterocycles. The molecule has 0 atom stereocenters. The highest BCUT2D eigenvalue weighted by molar-refractivity contribution is 7.22. The number of fused-ring (bicyclic) bond motifs is 7. The molecule has 11 aromatic carbocycles. The molecule has 12 aromatic rings. The van der Waals surface area contributed by atoms with Gasteiger partial charge in [-0.2, -0.15) is 0 Å². The third kappa shape index (κ3) is 6.07. The van der Waals surface area contributed by atoms with E-state index in [0.717, 1.165) is 44.4 Å². The number of hydrogen-bond acceptors (Lipinski definition) is 3. The predicted molar refractivity (Wildman–Crippen MR) is 303 cm³/mol. The summed E-state index contributed by atoms with van der Waals surface area (Å²) >= 11 is 0. The Labute approximate surface area is 415 Å². The van der Waals surface area contributed by atoms with E-state index in [0.29, 0.717) is 0 Å². The highest BCUT2D eigenvalue weighted by Crippen LogP contribution is 2.47. The molecule has 2 aliphatic heterocycles. The molecule has 0 bridgehead atoms. The van der Waals surface area contributed by atoms with Crippen molar-refractivity contribution in [2.45, 2.75) is 0 Å². The Morgan fingerprint density at radius 2 is 0.620 bits per heavy atom. The molecule has 0 saturated heterocycles. The Hall–Kier alpha value is -8.75. The van der Waals surface area contributed by atoms with Crippen LogP contribution in [0, 0.1) is 0 Å². The lowest BCUT2D eigenvalue weighted by atomic mass is 10.00. The van der Waals surface area contributed by atoms with Crippen molar-refractivity contribution < 1.29 is 4.42 Å². The minimum Gasteiger partial charge on any atom is -0.455 e. The van der Waals surface area contributed by atoms with Crippen LogP contribution in [0.4, 0.5) is 34.1 Å². The lowest BCUT2D eigenvalue weighted by molar-refractivity contribution is 0.670. The van der Waals surface area contributed by atoms with Crippen LogP contribution in [0.2, 0.25) is 0 Å². The first-order chi connectivity index (χ1) is 35.2. The molecule has 3 heterocycles. The molecular formula is C66H46N2OSi2. The fourth-order valence-electron chi connectivity index (χ4n) is 12.3. The van der Waals surface area contributed by atoms with Crippen molar-refractivity contribution in [3.8, 4) is 11.1 Å². The lowest BCUT2D eigenvalue weighted by Crippen LogP contribution is -2.77. The SMILES string of the molecule is c1ccc(-c2cc(N3c4ccccc4[Si](c4ccccc4)(c4ccccc4)c4ccccc43)cc3c2oc2ccc(N4c5ccccc5[Si](c5ccccc5)(c5ccccc5)c5ccccc54)cc23)cc1. The van der Waals surface area contributed by atoms with E-state index < -0.39 is 16.1 Å². The van der Waals surface area contributed by atoms with E-state index in [9.17, 15) is 0 Å². The quantitative estimate of drug-likeness (QED) is 0.149. The van der Waals surface area contributed by atoms with Gasteiger partial charge in [0, 0.05) is 50.5 Å². The summed E-state index contributed by atoms with van der Waals surface area (Å²) in [6.45, 7) is 0. The van der Waals surface area contributed by atoms with Gasteiger partial charge < -0.3 is 14.2 Å². The van der Waals surface area contributed by atoms with Crippen LogP contribution in [0.1, 0.15) is 0 Å². The summed E-state index contributed by atoms with van der Waals surface area (Å²) in [7, 11) is -5.60. The van der Waals surface area contributed by atoms with Crippen LogP contribution in [-0.2, 0) is 0 Å². The first kappa shape index (κ1) is 41.2. The molecule has 3 nitrogen and oxygen atoms in total. The molecular weight excluding hydrogens is 893 g/mol. The maximum absolute atomic E-state index is 7.07. The normalized spacial score (nSPS) is 14.1. The average Bonchev–Trinajstić information content (AvgIpc) is 3.82. The number of hydrogen-bond donors (Lipinski definition) is 0. The Morgan fingerprint density at radius 3 is 1.03 bits per heavy atom. The van der Waals surface area contributed by atoms with Crippen LogP contribution >= 0.6 is 0 Å². The Balaban J connectivity index is 1.02. The second kappa shape index (κ2) is 16.5. The molecule has 5 heteroatoms. The number of anilines is 6. The largest absolute Gasteiger partial charge is 0.455 e. The third-order valence-corrected chi connectivity index (χ3v) is 24.9. The van der Waals surface area contributed by atoms with E-state index in [-0.39, 0.29) is 0 Å². The number of benzene rings is 11. The van der Waals surface area contributed by atoms with Crippen molar-refractivity contribution in [3.63, 3.8) is 0 Å². The third-order valence-electron chi connectivity index (χ3n) is 15.2. The number of rotatable bonds is 7. The molecule has 71 heavy (non-hydrogen) atoms. The van der Waals surface area contributed by atoms with Gasteiger partial charge in [-0.3, -0.25) is 0 Å². The maximum Gasteiger partial charge on any atom is 0.184 e. The van der Waals surface area contributed by atoms with E-state index in [1.54, 1.807) is 0 Å². The van der Waals surface area contributed by atoms with Crippen LogP contribution in [0.15, 0.2) is 283 Å². The van der Waals surface area contributed by atoms with E-state index in [2.05, 4.69) is 289 Å². The van der Waals surface area contributed by atoms with E-state index >= 15 is 0 Å². The summed E-state index contributed by atoms with van der Waals surface area (Å²) in [6, 6.07) is 104. The second-order valence-corrected chi connectivity index (χ2v) is 26.2. The van der Waals surface area contributed by atoms with Crippen molar-refractivity contribution >= 4 is 114 Å². The summed E-state index contributed by atoms with van der Waals surface area (Å²) in [5.74, 6) is 0. The average molecular weight is 939 g/mol. The molecule has 334 valence electrons. The van der Waals surface area contributed by atoms with Crippen LogP contribution in [0.5, 0.6) is 0 Å². The maximum atomic E-state index is 7.07. The van der Waals surface area contributed by atoms with Crippen LogP contribution in [0.3, 0.4) is 0 Å². The summed E-state index contributed by atoms with van der Waals surface area (Å²) < 4.78 is 7.07. The highest BCUT2D eigenvalue weighted by Gasteiger charge is 2.50. The van der Waals surface area contributed by atoms with Gasteiger partial charge in [0.1, 0.15) is 11.2 Å². The zero-order chi connectivity index (χ0) is 46.9. The standard InChI is InChI=1S/C66H46N2OSi2/c1-6-24-47(25-7-1)54-45-49(68-59-36-18-22-40-64(59)71(52-30-12-4-13-31-52,53-32-14-5-15-33-53)65-41-23-19-37-60(65)68)46-56-55-44-48(42-43-61(55)69-66(54)56)67-57-34-16-20-38-62(57)70(50-26-8-2-9-27-50,51-28-10-3-11-29-51)63-39-21-17-35-58(63)67/h1-46H. The fourth-order valence-corrected chi connectivity index (χ4v) is 22.5. The molecule has 0 spiro atoms.